The van der Waals surface area contributed by atoms with Crippen LogP contribution in [0.15, 0.2) is 42.5 Å². The predicted molar refractivity (Wildman–Crippen MR) is 126 cm³/mol. The lowest BCUT2D eigenvalue weighted by atomic mass is 10.0. The highest BCUT2D eigenvalue weighted by Gasteiger charge is 2.32. The fourth-order valence-electron chi connectivity index (χ4n) is 4.16. The molecule has 1 aromatic heterocycles. The smallest absolute Gasteiger partial charge is 0.240 e. The number of nitrogens with zero attached hydrogens (tertiary/aromatic N) is 3. The summed E-state index contributed by atoms with van der Waals surface area (Å²) in [6.45, 7) is 0.551. The zero-order valence-electron chi connectivity index (χ0n) is 18.7. The highest BCUT2D eigenvalue weighted by Crippen LogP contribution is 2.42. The minimum absolute atomic E-state index is 0.181. The maximum Gasteiger partial charge on any atom is 0.240 e. The number of aromatic nitrogens is 2. The minimum atomic E-state index is -0.469. The summed E-state index contributed by atoms with van der Waals surface area (Å²) in [5.74, 6) is 0.314. The number of benzene rings is 2. The van der Waals surface area contributed by atoms with E-state index in [4.69, 9.17) is 16.3 Å². The largest absolute Gasteiger partial charge is 0.488 e. The van der Waals surface area contributed by atoms with Crippen molar-refractivity contribution in [2.75, 3.05) is 18.0 Å². The first-order valence-electron chi connectivity index (χ1n) is 11.2. The lowest BCUT2D eigenvalue weighted by Crippen LogP contribution is -2.43. The number of anilines is 1. The molecule has 9 heteroatoms. The second kappa shape index (κ2) is 9.10. The summed E-state index contributed by atoms with van der Waals surface area (Å²) in [5, 5.41) is 8.03. The summed E-state index contributed by atoms with van der Waals surface area (Å²) in [6, 6.07) is 11.4. The van der Waals surface area contributed by atoms with Gasteiger partial charge in [-0.05, 0) is 48.6 Å². The Labute approximate surface area is 201 Å². The number of nitrogens with one attached hydrogen (secondary N) is 1. The number of hydrogen-bond donors (Lipinski definition) is 1. The van der Waals surface area contributed by atoms with E-state index < -0.39 is 11.7 Å². The van der Waals surface area contributed by atoms with Crippen LogP contribution in [0.25, 0.3) is 11.3 Å². The molecule has 176 valence electrons. The van der Waals surface area contributed by atoms with Gasteiger partial charge in [-0.3, -0.25) is 19.2 Å². The number of ether oxygens (including phenoxy) is 1. The molecule has 0 bridgehead atoms. The highest BCUT2D eigenvalue weighted by molar-refractivity contribution is 6.31. The van der Waals surface area contributed by atoms with Gasteiger partial charge in [0, 0.05) is 24.2 Å². The lowest BCUT2D eigenvalue weighted by Gasteiger charge is -2.24. The Morgan fingerprint density at radius 2 is 2.06 bits per heavy atom. The second-order valence-electron chi connectivity index (χ2n) is 8.70. The van der Waals surface area contributed by atoms with Gasteiger partial charge in [0.05, 0.1) is 17.7 Å². The monoisotopic (exact) mass is 482 g/mol. The molecule has 0 atom stereocenters. The van der Waals surface area contributed by atoms with E-state index in [-0.39, 0.29) is 31.0 Å². The fourth-order valence-corrected chi connectivity index (χ4v) is 4.34. The summed E-state index contributed by atoms with van der Waals surface area (Å²) < 4.78 is 21.8. The summed E-state index contributed by atoms with van der Waals surface area (Å²) in [7, 11) is 1.77. The standard InChI is InChI=1S/C25H24ClFN4O3/c1-30-24-18-11-17(26)8-9-21(18)34-14-19(24)25(29-30)31(13-22(32)28-12-15-6-7-15)23(33)10-16-4-2-3-5-20(16)27/h2-5,8-9,11,15H,6-7,10,12-14H2,1H3,(H,28,32). The molecular formula is C25H24ClFN4O3. The maximum atomic E-state index is 14.3. The number of hydrogen-bond acceptors (Lipinski definition) is 4. The van der Waals surface area contributed by atoms with Gasteiger partial charge in [-0.2, -0.15) is 5.10 Å². The van der Waals surface area contributed by atoms with Crippen molar-refractivity contribution in [1.82, 2.24) is 15.1 Å². The van der Waals surface area contributed by atoms with Crippen molar-refractivity contribution >= 4 is 29.2 Å². The molecule has 1 saturated carbocycles. The van der Waals surface area contributed by atoms with E-state index in [0.29, 0.717) is 34.6 Å². The van der Waals surface area contributed by atoms with Gasteiger partial charge >= 0.3 is 0 Å². The molecule has 2 amide bonds. The van der Waals surface area contributed by atoms with Crippen LogP contribution in [0.3, 0.4) is 0 Å². The molecule has 2 aliphatic rings. The Balaban J connectivity index is 1.50. The average Bonchev–Trinajstić information content (AvgIpc) is 3.59. The van der Waals surface area contributed by atoms with Crippen molar-refractivity contribution in [3.63, 3.8) is 0 Å². The van der Waals surface area contributed by atoms with Crippen LogP contribution in [0, 0.1) is 11.7 Å². The van der Waals surface area contributed by atoms with Gasteiger partial charge in [-0.25, -0.2) is 4.39 Å². The van der Waals surface area contributed by atoms with E-state index in [2.05, 4.69) is 10.4 Å². The molecule has 0 spiro atoms. The average molecular weight is 483 g/mol. The lowest BCUT2D eigenvalue weighted by molar-refractivity contribution is -0.123. The molecule has 0 unspecified atom stereocenters. The Morgan fingerprint density at radius 3 is 2.82 bits per heavy atom. The van der Waals surface area contributed by atoms with Crippen molar-refractivity contribution in [3.05, 3.63) is 64.4 Å². The third-order valence-electron chi connectivity index (χ3n) is 6.14. The summed E-state index contributed by atoms with van der Waals surface area (Å²) in [5.41, 5.74) is 2.46. The summed E-state index contributed by atoms with van der Waals surface area (Å²) >= 11 is 6.22. The highest BCUT2D eigenvalue weighted by atomic mass is 35.5. The zero-order valence-corrected chi connectivity index (χ0v) is 19.4. The van der Waals surface area contributed by atoms with Crippen LogP contribution < -0.4 is 15.0 Å². The number of carbonyl (C=O) groups excluding carboxylic acids is 2. The Hall–Kier alpha value is -3.39. The Kier molecular flexibility index (Phi) is 6.00. The topological polar surface area (TPSA) is 76.5 Å². The van der Waals surface area contributed by atoms with E-state index in [1.54, 1.807) is 48.1 Å². The molecular weight excluding hydrogens is 459 g/mol. The maximum absolute atomic E-state index is 14.3. The molecule has 1 aliphatic carbocycles. The van der Waals surface area contributed by atoms with Crippen LogP contribution in [0.1, 0.15) is 24.0 Å². The fraction of sp³-hybridized carbons (Fsp3) is 0.320. The van der Waals surface area contributed by atoms with E-state index in [0.717, 1.165) is 24.1 Å². The SMILES string of the molecule is Cn1nc(N(CC(=O)NCC2CC2)C(=O)Cc2ccccc2F)c2c1-c1cc(Cl)ccc1OC2. The van der Waals surface area contributed by atoms with Gasteiger partial charge < -0.3 is 10.1 Å². The molecule has 0 saturated heterocycles. The van der Waals surface area contributed by atoms with Crippen LogP contribution in [0.2, 0.25) is 5.02 Å². The van der Waals surface area contributed by atoms with Crippen LogP contribution >= 0.6 is 11.6 Å². The number of carbonyl (C=O) groups is 2. The number of amides is 2. The molecule has 34 heavy (non-hydrogen) atoms. The minimum Gasteiger partial charge on any atom is -0.488 e. The zero-order chi connectivity index (χ0) is 23.8. The van der Waals surface area contributed by atoms with E-state index in [9.17, 15) is 14.0 Å². The first kappa shape index (κ1) is 22.4. The van der Waals surface area contributed by atoms with E-state index in [1.807, 2.05) is 0 Å². The van der Waals surface area contributed by atoms with Crippen LogP contribution in [0.4, 0.5) is 10.2 Å². The van der Waals surface area contributed by atoms with Crippen molar-refractivity contribution in [2.24, 2.45) is 13.0 Å². The van der Waals surface area contributed by atoms with Crippen molar-refractivity contribution in [2.45, 2.75) is 25.9 Å². The Morgan fingerprint density at radius 1 is 1.26 bits per heavy atom. The predicted octanol–water partition coefficient (Wildman–Crippen LogP) is 3.87. The number of aryl methyl sites for hydroxylation is 1. The van der Waals surface area contributed by atoms with Gasteiger partial charge in [-0.15, -0.1) is 0 Å². The van der Waals surface area contributed by atoms with Gasteiger partial charge in [0.15, 0.2) is 5.82 Å². The third-order valence-corrected chi connectivity index (χ3v) is 6.37. The number of rotatable bonds is 7. The quantitative estimate of drug-likeness (QED) is 0.554. The van der Waals surface area contributed by atoms with Crippen LogP contribution in [0.5, 0.6) is 5.75 Å². The van der Waals surface area contributed by atoms with Crippen molar-refractivity contribution < 1.29 is 18.7 Å². The molecule has 3 aromatic rings. The first-order valence-corrected chi connectivity index (χ1v) is 11.6. The normalized spacial score (nSPS) is 14.1. The molecule has 1 aliphatic heterocycles. The van der Waals surface area contributed by atoms with Crippen molar-refractivity contribution in [1.29, 1.82) is 0 Å². The number of fused-ring (bicyclic) bond motifs is 3. The number of halogens is 2. The van der Waals surface area contributed by atoms with E-state index in [1.165, 1.54) is 11.0 Å². The van der Waals surface area contributed by atoms with Crippen LogP contribution in [-0.2, 0) is 29.7 Å². The molecule has 1 N–H and O–H groups in total. The first-order chi connectivity index (χ1) is 16.4. The van der Waals surface area contributed by atoms with Gasteiger partial charge in [0.2, 0.25) is 11.8 Å². The third kappa shape index (κ3) is 4.50. The van der Waals surface area contributed by atoms with Crippen LogP contribution in [-0.4, -0.2) is 34.7 Å². The summed E-state index contributed by atoms with van der Waals surface area (Å²) in [6.07, 6.45) is 2.00. The molecule has 7 nitrogen and oxygen atoms in total. The second-order valence-corrected chi connectivity index (χ2v) is 9.14. The summed E-state index contributed by atoms with van der Waals surface area (Å²) in [4.78, 5) is 27.5. The molecule has 2 aromatic carbocycles. The van der Waals surface area contributed by atoms with Gasteiger partial charge in [0.25, 0.3) is 0 Å². The molecule has 0 radical (unpaired) electrons. The van der Waals surface area contributed by atoms with Gasteiger partial charge in [-0.1, -0.05) is 29.8 Å². The van der Waals surface area contributed by atoms with Crippen molar-refractivity contribution in [3.8, 4) is 17.0 Å². The molecule has 2 heterocycles. The van der Waals surface area contributed by atoms with E-state index >= 15 is 0 Å². The Bertz CT molecular complexity index is 1270. The molecule has 1 fully saturated rings. The van der Waals surface area contributed by atoms with Gasteiger partial charge in [0.1, 0.15) is 24.7 Å². The molecule has 5 rings (SSSR count).